The van der Waals surface area contributed by atoms with Crippen molar-refractivity contribution in [1.29, 1.82) is 0 Å². The highest BCUT2D eigenvalue weighted by atomic mass is 16.6. The summed E-state index contributed by atoms with van der Waals surface area (Å²) in [6.07, 6.45) is 1.43. The van der Waals surface area contributed by atoms with E-state index in [1.54, 1.807) is 19.1 Å². The molecule has 3 aromatic rings. The van der Waals surface area contributed by atoms with Crippen LogP contribution in [0.4, 0.5) is 11.4 Å². The number of non-ortho nitro benzene ring substituents is 1. The highest BCUT2D eigenvalue weighted by Gasteiger charge is 2.11. The zero-order valence-electron chi connectivity index (χ0n) is 14.6. The number of carbonyl (C=O) groups is 1. The second-order valence-corrected chi connectivity index (χ2v) is 6.01. The predicted molar refractivity (Wildman–Crippen MR) is 106 cm³/mol. The summed E-state index contributed by atoms with van der Waals surface area (Å²) in [7, 11) is 0. The Hall–Kier alpha value is -3.74. The molecule has 0 bridgehead atoms. The average molecular weight is 362 g/mol. The van der Waals surface area contributed by atoms with Crippen molar-refractivity contribution in [3.05, 3.63) is 82.4 Å². The first-order valence-corrected chi connectivity index (χ1v) is 8.35. The third-order valence-electron chi connectivity index (χ3n) is 4.02. The number of nitrogens with one attached hydrogen (secondary N) is 2. The first-order valence-electron chi connectivity index (χ1n) is 8.35. The number of anilines is 1. The minimum Gasteiger partial charge on any atom is -0.374 e. The molecular formula is C20H18N4O3. The lowest BCUT2D eigenvalue weighted by Crippen LogP contribution is -2.34. The normalized spacial score (nSPS) is 12.0. The topological polar surface area (TPSA) is 96.6 Å². The van der Waals surface area contributed by atoms with Crippen LogP contribution in [0.3, 0.4) is 0 Å². The summed E-state index contributed by atoms with van der Waals surface area (Å²) < 4.78 is 0. The molecule has 0 aliphatic rings. The molecule has 2 N–H and O–H groups in total. The molecule has 0 saturated carbocycles. The van der Waals surface area contributed by atoms with E-state index in [2.05, 4.69) is 15.8 Å². The van der Waals surface area contributed by atoms with Crippen molar-refractivity contribution in [3.63, 3.8) is 0 Å². The Balaban J connectivity index is 1.57. The van der Waals surface area contributed by atoms with Gasteiger partial charge in [-0.1, -0.05) is 30.3 Å². The molecule has 1 atom stereocenters. The van der Waals surface area contributed by atoms with E-state index in [4.69, 9.17) is 0 Å². The number of nitro groups is 1. The standard InChI is InChI=1S/C20H18N4O3/c1-14(22-18-9-8-16-4-2-3-5-17(16)12-18)20(25)23-21-13-15-6-10-19(11-7-15)24(26)27/h2-14,22H,1H3,(H,23,25)/b21-13-/t14-/m1/s1. The Labute approximate surface area is 155 Å². The molecule has 0 heterocycles. The van der Waals surface area contributed by atoms with Gasteiger partial charge in [0.1, 0.15) is 6.04 Å². The zero-order valence-corrected chi connectivity index (χ0v) is 14.6. The fourth-order valence-electron chi connectivity index (χ4n) is 2.54. The minimum atomic E-state index is -0.486. The number of hydrogen-bond acceptors (Lipinski definition) is 5. The number of hydrazone groups is 1. The molecule has 0 aromatic heterocycles. The summed E-state index contributed by atoms with van der Waals surface area (Å²) >= 11 is 0. The van der Waals surface area contributed by atoms with Crippen molar-refractivity contribution in [2.24, 2.45) is 5.10 Å². The largest absolute Gasteiger partial charge is 0.374 e. The number of rotatable bonds is 6. The molecule has 27 heavy (non-hydrogen) atoms. The van der Waals surface area contributed by atoms with Gasteiger partial charge >= 0.3 is 0 Å². The van der Waals surface area contributed by atoms with Crippen LogP contribution >= 0.6 is 0 Å². The Morgan fingerprint density at radius 3 is 2.48 bits per heavy atom. The van der Waals surface area contributed by atoms with Gasteiger partial charge in [0.05, 0.1) is 11.1 Å². The van der Waals surface area contributed by atoms with Gasteiger partial charge in [0.2, 0.25) is 0 Å². The first kappa shape index (κ1) is 18.1. The maximum atomic E-state index is 12.2. The fourth-order valence-corrected chi connectivity index (χ4v) is 2.54. The van der Waals surface area contributed by atoms with Crippen LogP contribution in [-0.2, 0) is 4.79 Å². The molecule has 0 radical (unpaired) electrons. The number of amides is 1. The monoisotopic (exact) mass is 362 g/mol. The van der Waals surface area contributed by atoms with Crippen LogP contribution in [0.5, 0.6) is 0 Å². The van der Waals surface area contributed by atoms with E-state index in [0.717, 1.165) is 16.5 Å². The van der Waals surface area contributed by atoms with Gasteiger partial charge in [-0.3, -0.25) is 14.9 Å². The second kappa shape index (κ2) is 8.09. The van der Waals surface area contributed by atoms with Crippen molar-refractivity contribution >= 4 is 34.3 Å². The smallest absolute Gasteiger partial charge is 0.269 e. The lowest BCUT2D eigenvalue weighted by Gasteiger charge is -2.14. The van der Waals surface area contributed by atoms with E-state index >= 15 is 0 Å². The number of nitrogens with zero attached hydrogens (tertiary/aromatic N) is 2. The Bertz CT molecular complexity index is 1000. The summed E-state index contributed by atoms with van der Waals surface area (Å²) in [5.41, 5.74) is 3.96. The maximum absolute atomic E-state index is 12.2. The first-order chi connectivity index (χ1) is 13.0. The number of fused-ring (bicyclic) bond motifs is 1. The van der Waals surface area contributed by atoms with Crippen molar-refractivity contribution in [1.82, 2.24) is 5.43 Å². The molecule has 0 saturated heterocycles. The second-order valence-electron chi connectivity index (χ2n) is 6.01. The average Bonchev–Trinajstić information content (AvgIpc) is 2.68. The molecule has 0 unspecified atom stereocenters. The SMILES string of the molecule is C[C@@H](Nc1ccc2ccccc2c1)C(=O)N/N=C\c1ccc([N+](=O)[O-])cc1. The number of hydrogen-bond donors (Lipinski definition) is 2. The fraction of sp³-hybridized carbons (Fsp3) is 0.100. The van der Waals surface area contributed by atoms with Gasteiger partial charge in [-0.25, -0.2) is 5.43 Å². The number of carbonyl (C=O) groups excluding carboxylic acids is 1. The van der Waals surface area contributed by atoms with Gasteiger partial charge in [0.15, 0.2) is 0 Å². The summed E-state index contributed by atoms with van der Waals surface area (Å²) in [4.78, 5) is 22.3. The highest BCUT2D eigenvalue weighted by Crippen LogP contribution is 2.19. The van der Waals surface area contributed by atoms with E-state index < -0.39 is 11.0 Å². The summed E-state index contributed by atoms with van der Waals surface area (Å²) in [6.45, 7) is 1.74. The molecule has 0 aliphatic heterocycles. The van der Waals surface area contributed by atoms with E-state index in [1.165, 1.54) is 18.3 Å². The Morgan fingerprint density at radius 2 is 1.78 bits per heavy atom. The van der Waals surface area contributed by atoms with E-state index in [1.807, 2.05) is 42.5 Å². The van der Waals surface area contributed by atoms with Crippen LogP contribution < -0.4 is 10.7 Å². The van der Waals surface area contributed by atoms with Crippen LogP contribution in [0.1, 0.15) is 12.5 Å². The molecule has 0 spiro atoms. The third kappa shape index (κ3) is 4.66. The molecule has 1 amide bonds. The van der Waals surface area contributed by atoms with E-state index in [0.29, 0.717) is 5.56 Å². The van der Waals surface area contributed by atoms with Crippen LogP contribution in [0, 0.1) is 10.1 Å². The lowest BCUT2D eigenvalue weighted by molar-refractivity contribution is -0.384. The van der Waals surface area contributed by atoms with Gasteiger partial charge in [0, 0.05) is 17.8 Å². The molecule has 0 aliphatic carbocycles. The van der Waals surface area contributed by atoms with Crippen LogP contribution in [0.15, 0.2) is 71.8 Å². The van der Waals surface area contributed by atoms with Gasteiger partial charge in [-0.05, 0) is 47.5 Å². The van der Waals surface area contributed by atoms with Crippen LogP contribution in [0.25, 0.3) is 10.8 Å². The molecule has 0 fully saturated rings. The van der Waals surface area contributed by atoms with Crippen LogP contribution in [-0.4, -0.2) is 23.1 Å². The third-order valence-corrected chi connectivity index (χ3v) is 4.02. The summed E-state index contributed by atoms with van der Waals surface area (Å²) in [5.74, 6) is -0.290. The Morgan fingerprint density at radius 1 is 1.07 bits per heavy atom. The van der Waals surface area contributed by atoms with Gasteiger partial charge in [-0.2, -0.15) is 5.10 Å². The molecule has 3 rings (SSSR count). The van der Waals surface area contributed by atoms with Gasteiger partial charge in [-0.15, -0.1) is 0 Å². The van der Waals surface area contributed by atoms with Crippen LogP contribution in [0.2, 0.25) is 0 Å². The van der Waals surface area contributed by atoms with E-state index in [-0.39, 0.29) is 11.6 Å². The molecular weight excluding hydrogens is 344 g/mol. The number of nitro benzene ring substituents is 1. The molecule has 7 nitrogen and oxygen atoms in total. The highest BCUT2D eigenvalue weighted by molar-refractivity contribution is 5.89. The van der Waals surface area contributed by atoms with Gasteiger partial charge in [0.25, 0.3) is 11.6 Å². The predicted octanol–water partition coefficient (Wildman–Crippen LogP) is 3.70. The molecule has 136 valence electrons. The summed E-state index contributed by atoms with van der Waals surface area (Å²) in [5, 5.41) is 19.9. The maximum Gasteiger partial charge on any atom is 0.269 e. The van der Waals surface area contributed by atoms with E-state index in [9.17, 15) is 14.9 Å². The number of benzene rings is 3. The quantitative estimate of drug-likeness (QED) is 0.397. The Kier molecular flexibility index (Phi) is 5.41. The van der Waals surface area contributed by atoms with Crippen molar-refractivity contribution in [2.75, 3.05) is 5.32 Å². The molecule has 7 heteroatoms. The van der Waals surface area contributed by atoms with Crippen molar-refractivity contribution in [3.8, 4) is 0 Å². The van der Waals surface area contributed by atoms with Crippen molar-refractivity contribution < 1.29 is 9.72 Å². The minimum absolute atomic E-state index is 0.00407. The lowest BCUT2D eigenvalue weighted by atomic mass is 10.1. The molecule has 3 aromatic carbocycles. The van der Waals surface area contributed by atoms with Gasteiger partial charge < -0.3 is 5.32 Å². The zero-order chi connectivity index (χ0) is 19.2. The summed E-state index contributed by atoms with van der Waals surface area (Å²) in [6, 6.07) is 19.3. The van der Waals surface area contributed by atoms with Crippen molar-refractivity contribution in [2.45, 2.75) is 13.0 Å².